The van der Waals surface area contributed by atoms with Gasteiger partial charge < -0.3 is 10.1 Å². The van der Waals surface area contributed by atoms with Gasteiger partial charge in [-0.1, -0.05) is 35.3 Å². The highest BCUT2D eigenvalue weighted by Crippen LogP contribution is 2.23. The van der Waals surface area contributed by atoms with Crippen LogP contribution in [0.5, 0.6) is 5.75 Å². The molecule has 0 fully saturated rings. The van der Waals surface area contributed by atoms with E-state index in [1.165, 1.54) is 37.4 Å². The Morgan fingerprint density at radius 1 is 1.38 bits per heavy atom. The van der Waals surface area contributed by atoms with Gasteiger partial charge in [0.1, 0.15) is 0 Å². The fraction of sp³-hybridized carbons (Fsp3) is 0.143. The number of para-hydroxylation sites is 1. The van der Waals surface area contributed by atoms with E-state index in [2.05, 4.69) is 10.3 Å². The van der Waals surface area contributed by atoms with Gasteiger partial charge in [0, 0.05) is 6.20 Å². The standard InChI is InChI=1S/C14H11Cl2FN2O2/c1-8(21-12-5-3-2-4-11(12)17)14(20)19-13-10(16)6-9(15)7-18-13/h2-8H,1H3,(H,18,19,20)/t8-/m1/s1. The summed E-state index contributed by atoms with van der Waals surface area (Å²) in [6.45, 7) is 1.49. The molecule has 0 bridgehead atoms. The molecule has 0 aliphatic carbocycles. The lowest BCUT2D eigenvalue weighted by molar-refractivity contribution is -0.122. The number of carbonyl (C=O) groups excluding carboxylic acids is 1. The highest BCUT2D eigenvalue weighted by Gasteiger charge is 2.18. The third-order valence-electron chi connectivity index (χ3n) is 2.56. The van der Waals surface area contributed by atoms with Crippen LogP contribution in [0.4, 0.5) is 10.2 Å². The van der Waals surface area contributed by atoms with Crippen LogP contribution >= 0.6 is 23.2 Å². The van der Waals surface area contributed by atoms with Crippen LogP contribution in [0.2, 0.25) is 10.0 Å². The molecule has 7 heteroatoms. The van der Waals surface area contributed by atoms with Crippen molar-refractivity contribution in [3.63, 3.8) is 0 Å². The minimum Gasteiger partial charge on any atom is -0.478 e. The molecule has 1 amide bonds. The van der Waals surface area contributed by atoms with Crippen molar-refractivity contribution in [1.82, 2.24) is 4.98 Å². The minimum atomic E-state index is -0.921. The van der Waals surface area contributed by atoms with Crippen LogP contribution in [0, 0.1) is 5.82 Å². The number of halogens is 3. The van der Waals surface area contributed by atoms with Gasteiger partial charge in [0.05, 0.1) is 10.0 Å². The first-order valence-corrected chi connectivity index (χ1v) is 6.76. The number of rotatable bonds is 4. The second kappa shape index (κ2) is 6.74. The van der Waals surface area contributed by atoms with Crippen LogP contribution in [0.1, 0.15) is 6.92 Å². The Balaban J connectivity index is 2.04. The lowest BCUT2D eigenvalue weighted by atomic mass is 10.3. The van der Waals surface area contributed by atoms with E-state index < -0.39 is 17.8 Å². The Morgan fingerprint density at radius 3 is 2.76 bits per heavy atom. The van der Waals surface area contributed by atoms with E-state index >= 15 is 0 Å². The normalized spacial score (nSPS) is 11.8. The molecule has 2 aromatic rings. The van der Waals surface area contributed by atoms with Crippen LogP contribution < -0.4 is 10.1 Å². The molecule has 0 spiro atoms. The molecule has 0 aliphatic heterocycles. The maximum atomic E-state index is 13.4. The minimum absolute atomic E-state index is 0.00434. The molecule has 21 heavy (non-hydrogen) atoms. The van der Waals surface area contributed by atoms with Crippen molar-refractivity contribution in [2.75, 3.05) is 5.32 Å². The number of anilines is 1. The summed E-state index contributed by atoms with van der Waals surface area (Å²) in [6.07, 6.45) is 0.432. The van der Waals surface area contributed by atoms with Crippen molar-refractivity contribution in [1.29, 1.82) is 0 Å². The predicted molar refractivity (Wildman–Crippen MR) is 79.4 cm³/mol. The van der Waals surface area contributed by atoms with Crippen molar-refractivity contribution < 1.29 is 13.9 Å². The number of aromatic nitrogens is 1. The summed E-state index contributed by atoms with van der Waals surface area (Å²) in [7, 11) is 0. The van der Waals surface area contributed by atoms with Crippen LogP contribution in [0.15, 0.2) is 36.5 Å². The predicted octanol–water partition coefficient (Wildman–Crippen LogP) is 3.93. The highest BCUT2D eigenvalue weighted by atomic mass is 35.5. The molecule has 1 heterocycles. The van der Waals surface area contributed by atoms with E-state index in [9.17, 15) is 9.18 Å². The zero-order chi connectivity index (χ0) is 15.4. The van der Waals surface area contributed by atoms with E-state index in [1.54, 1.807) is 6.07 Å². The van der Waals surface area contributed by atoms with Gasteiger partial charge in [0.2, 0.25) is 0 Å². The second-order valence-corrected chi connectivity index (χ2v) is 5.01. The molecule has 0 saturated carbocycles. The third-order valence-corrected chi connectivity index (χ3v) is 3.05. The van der Waals surface area contributed by atoms with Crippen molar-refractivity contribution in [3.05, 3.63) is 52.4 Å². The molecule has 110 valence electrons. The van der Waals surface area contributed by atoms with Gasteiger partial charge in [-0.15, -0.1) is 0 Å². The Bertz CT molecular complexity index is 667. The lowest BCUT2D eigenvalue weighted by Gasteiger charge is -2.15. The van der Waals surface area contributed by atoms with Crippen LogP contribution in [-0.4, -0.2) is 17.0 Å². The SMILES string of the molecule is C[C@@H](Oc1ccccc1F)C(=O)Nc1ncc(Cl)cc1Cl. The summed E-state index contributed by atoms with van der Waals surface area (Å²) in [6, 6.07) is 7.28. The van der Waals surface area contributed by atoms with Crippen LogP contribution in [0.25, 0.3) is 0 Å². The average molecular weight is 329 g/mol. The van der Waals surface area contributed by atoms with E-state index in [-0.39, 0.29) is 16.6 Å². The number of hydrogen-bond acceptors (Lipinski definition) is 3. The third kappa shape index (κ3) is 4.06. The molecular formula is C14H11Cl2FN2O2. The Labute approximate surface area is 130 Å². The van der Waals surface area contributed by atoms with Crippen molar-refractivity contribution in [2.45, 2.75) is 13.0 Å². The second-order valence-electron chi connectivity index (χ2n) is 4.16. The molecule has 4 nitrogen and oxygen atoms in total. The first kappa shape index (κ1) is 15.5. The maximum Gasteiger partial charge on any atom is 0.266 e. The summed E-state index contributed by atoms with van der Waals surface area (Å²) in [5.41, 5.74) is 0. The van der Waals surface area contributed by atoms with Crippen LogP contribution in [0.3, 0.4) is 0 Å². The number of hydrogen-bond donors (Lipinski definition) is 1. The maximum absolute atomic E-state index is 13.4. The molecule has 1 aromatic heterocycles. The van der Waals surface area contributed by atoms with E-state index in [0.29, 0.717) is 5.02 Å². The average Bonchev–Trinajstić information content (AvgIpc) is 2.44. The van der Waals surface area contributed by atoms with Gasteiger partial charge in [-0.3, -0.25) is 4.79 Å². The van der Waals surface area contributed by atoms with Gasteiger partial charge >= 0.3 is 0 Å². The Kier molecular flexibility index (Phi) is 4.98. The zero-order valence-electron chi connectivity index (χ0n) is 10.9. The molecular weight excluding hydrogens is 318 g/mol. The fourth-order valence-corrected chi connectivity index (χ4v) is 1.94. The number of nitrogens with zero attached hydrogens (tertiary/aromatic N) is 1. The highest BCUT2D eigenvalue weighted by molar-refractivity contribution is 6.36. The molecule has 0 saturated heterocycles. The topological polar surface area (TPSA) is 51.2 Å². The van der Waals surface area contributed by atoms with Crippen molar-refractivity contribution in [3.8, 4) is 5.75 Å². The first-order chi connectivity index (χ1) is 9.97. The quantitative estimate of drug-likeness (QED) is 0.924. The summed E-state index contributed by atoms with van der Waals surface area (Å²) >= 11 is 11.6. The number of carbonyl (C=O) groups is 1. The lowest BCUT2D eigenvalue weighted by Crippen LogP contribution is -2.30. The number of nitrogens with one attached hydrogen (secondary N) is 1. The zero-order valence-corrected chi connectivity index (χ0v) is 12.5. The summed E-state index contributed by atoms with van der Waals surface area (Å²) in [5, 5.41) is 3.05. The Morgan fingerprint density at radius 2 is 2.10 bits per heavy atom. The largest absolute Gasteiger partial charge is 0.478 e. The van der Waals surface area contributed by atoms with E-state index in [0.717, 1.165) is 0 Å². The van der Waals surface area contributed by atoms with Crippen molar-refractivity contribution >= 4 is 34.9 Å². The monoisotopic (exact) mass is 328 g/mol. The van der Waals surface area contributed by atoms with Gasteiger partial charge in [0.15, 0.2) is 23.5 Å². The Hall–Kier alpha value is -1.85. The summed E-state index contributed by atoms with van der Waals surface area (Å²) in [4.78, 5) is 15.9. The molecule has 0 unspecified atom stereocenters. The number of benzene rings is 1. The fourth-order valence-electron chi connectivity index (χ4n) is 1.51. The van der Waals surface area contributed by atoms with Gasteiger partial charge in [-0.25, -0.2) is 9.37 Å². The van der Waals surface area contributed by atoms with E-state index in [4.69, 9.17) is 27.9 Å². The van der Waals surface area contributed by atoms with Gasteiger partial charge in [0.25, 0.3) is 5.91 Å². The molecule has 1 N–H and O–H groups in total. The van der Waals surface area contributed by atoms with Gasteiger partial charge in [-0.05, 0) is 25.1 Å². The molecule has 0 radical (unpaired) electrons. The van der Waals surface area contributed by atoms with E-state index in [1.807, 2.05) is 0 Å². The van der Waals surface area contributed by atoms with Crippen molar-refractivity contribution in [2.24, 2.45) is 0 Å². The number of ether oxygens (including phenoxy) is 1. The molecule has 1 aromatic carbocycles. The smallest absolute Gasteiger partial charge is 0.266 e. The molecule has 2 rings (SSSR count). The number of amides is 1. The first-order valence-electron chi connectivity index (χ1n) is 6.00. The van der Waals surface area contributed by atoms with Gasteiger partial charge in [-0.2, -0.15) is 0 Å². The summed E-state index contributed by atoms with van der Waals surface area (Å²) < 4.78 is 18.7. The number of pyridine rings is 1. The molecule has 1 atom stereocenters. The van der Waals surface area contributed by atoms with Crippen LogP contribution in [-0.2, 0) is 4.79 Å². The molecule has 0 aliphatic rings. The summed E-state index contributed by atoms with van der Waals surface area (Å²) in [5.74, 6) is -0.889.